The van der Waals surface area contributed by atoms with Crippen molar-refractivity contribution in [3.63, 3.8) is 0 Å². The van der Waals surface area contributed by atoms with E-state index in [0.717, 1.165) is 19.3 Å². The first-order chi connectivity index (χ1) is 15.5. The summed E-state index contributed by atoms with van der Waals surface area (Å²) in [5, 5.41) is 2.75. The van der Waals surface area contributed by atoms with Crippen LogP contribution in [-0.4, -0.2) is 46.2 Å². The quantitative estimate of drug-likeness (QED) is 0.587. The van der Waals surface area contributed by atoms with E-state index in [1.807, 2.05) is 0 Å². The molecular formula is C23H31N3O5S2. The molecule has 0 aromatic heterocycles. The molecule has 33 heavy (non-hydrogen) atoms. The number of rotatable bonds is 8. The highest BCUT2D eigenvalue weighted by Gasteiger charge is 2.28. The minimum absolute atomic E-state index is 0.103. The van der Waals surface area contributed by atoms with Crippen molar-refractivity contribution in [3.8, 4) is 0 Å². The molecule has 3 rings (SSSR count). The molecule has 1 heterocycles. The standard InChI is InChI=1S/C23H31N3O5S2/c1-17(2)25-32(28,29)21-9-7-8-19(14-21)16-24-23(27)20-11-10-18(3)22(15-20)33(30,31)26-12-5-4-6-13-26/h7-11,14-15,17,25H,4-6,12-13,16H2,1-3H3,(H,24,27). The minimum atomic E-state index is -3.67. The number of nitrogens with zero attached hydrogens (tertiary/aromatic N) is 1. The third kappa shape index (κ3) is 6.20. The van der Waals surface area contributed by atoms with Gasteiger partial charge in [-0.05, 0) is 69.0 Å². The molecule has 0 saturated carbocycles. The van der Waals surface area contributed by atoms with Crippen LogP contribution in [-0.2, 0) is 26.6 Å². The highest BCUT2D eigenvalue weighted by atomic mass is 32.2. The van der Waals surface area contributed by atoms with Crippen molar-refractivity contribution in [2.75, 3.05) is 13.1 Å². The smallest absolute Gasteiger partial charge is 0.251 e. The number of hydrogen-bond acceptors (Lipinski definition) is 5. The van der Waals surface area contributed by atoms with Crippen LogP contribution in [0.2, 0.25) is 0 Å². The summed E-state index contributed by atoms with van der Waals surface area (Å²) in [6, 6.07) is 10.7. The highest BCUT2D eigenvalue weighted by Crippen LogP contribution is 2.24. The number of benzene rings is 2. The topological polar surface area (TPSA) is 113 Å². The monoisotopic (exact) mass is 493 g/mol. The predicted molar refractivity (Wildman–Crippen MR) is 127 cm³/mol. The van der Waals surface area contributed by atoms with E-state index in [1.165, 1.54) is 22.5 Å². The van der Waals surface area contributed by atoms with Gasteiger partial charge < -0.3 is 5.32 Å². The number of carbonyl (C=O) groups excluding carboxylic acids is 1. The van der Waals surface area contributed by atoms with E-state index in [0.29, 0.717) is 24.2 Å². The molecule has 2 aromatic carbocycles. The molecule has 2 aromatic rings. The zero-order valence-corrected chi connectivity index (χ0v) is 20.8. The molecule has 8 nitrogen and oxygen atoms in total. The number of piperidine rings is 1. The second kappa shape index (κ2) is 10.3. The predicted octanol–water partition coefficient (Wildman–Crippen LogP) is 2.79. The second-order valence-corrected chi connectivity index (χ2v) is 12.2. The molecule has 10 heteroatoms. The van der Waals surface area contributed by atoms with Crippen molar-refractivity contribution in [3.05, 3.63) is 59.2 Å². The lowest BCUT2D eigenvalue weighted by atomic mass is 10.1. The lowest BCUT2D eigenvalue weighted by molar-refractivity contribution is 0.0950. The molecule has 0 radical (unpaired) electrons. The molecule has 1 fully saturated rings. The molecule has 1 aliphatic heterocycles. The number of hydrogen-bond donors (Lipinski definition) is 2. The summed E-state index contributed by atoms with van der Waals surface area (Å²) in [5.41, 5.74) is 1.44. The summed E-state index contributed by atoms with van der Waals surface area (Å²) >= 11 is 0. The number of carbonyl (C=O) groups is 1. The van der Waals surface area contributed by atoms with E-state index >= 15 is 0 Å². The maximum absolute atomic E-state index is 13.1. The van der Waals surface area contributed by atoms with Crippen LogP contribution in [0.15, 0.2) is 52.3 Å². The van der Waals surface area contributed by atoms with E-state index in [4.69, 9.17) is 0 Å². The van der Waals surface area contributed by atoms with Crippen molar-refractivity contribution in [2.45, 2.75) is 62.4 Å². The van der Waals surface area contributed by atoms with Crippen molar-refractivity contribution in [2.24, 2.45) is 0 Å². The fourth-order valence-electron chi connectivity index (χ4n) is 3.75. The van der Waals surface area contributed by atoms with Gasteiger partial charge in [0.15, 0.2) is 0 Å². The number of nitrogens with one attached hydrogen (secondary N) is 2. The van der Waals surface area contributed by atoms with Crippen molar-refractivity contribution < 1.29 is 21.6 Å². The lowest BCUT2D eigenvalue weighted by Gasteiger charge is -2.26. The van der Waals surface area contributed by atoms with Crippen LogP contribution in [0, 0.1) is 6.92 Å². The van der Waals surface area contributed by atoms with Gasteiger partial charge in [-0.3, -0.25) is 4.79 Å². The van der Waals surface area contributed by atoms with E-state index in [1.54, 1.807) is 45.0 Å². The molecule has 1 amide bonds. The Balaban J connectivity index is 1.75. The summed E-state index contributed by atoms with van der Waals surface area (Å²) in [5.74, 6) is -0.432. The van der Waals surface area contributed by atoms with Gasteiger partial charge in [0, 0.05) is 31.2 Å². The Morgan fingerprint density at radius 1 is 1.00 bits per heavy atom. The average molecular weight is 494 g/mol. The van der Waals surface area contributed by atoms with E-state index in [-0.39, 0.29) is 27.9 Å². The van der Waals surface area contributed by atoms with Gasteiger partial charge in [0.05, 0.1) is 9.79 Å². The van der Waals surface area contributed by atoms with Gasteiger partial charge >= 0.3 is 0 Å². The molecule has 2 N–H and O–H groups in total. The van der Waals surface area contributed by atoms with Gasteiger partial charge in [0.25, 0.3) is 5.91 Å². The van der Waals surface area contributed by atoms with Crippen LogP contribution in [0.4, 0.5) is 0 Å². The molecule has 0 atom stereocenters. The fraction of sp³-hybridized carbons (Fsp3) is 0.435. The first-order valence-corrected chi connectivity index (χ1v) is 13.9. The Hall–Kier alpha value is -2.27. The van der Waals surface area contributed by atoms with Gasteiger partial charge in [-0.25, -0.2) is 21.6 Å². The lowest BCUT2D eigenvalue weighted by Crippen LogP contribution is -2.36. The SMILES string of the molecule is Cc1ccc(C(=O)NCc2cccc(S(=O)(=O)NC(C)C)c2)cc1S(=O)(=O)N1CCCCC1. The average Bonchev–Trinajstić information content (AvgIpc) is 2.77. The van der Waals surface area contributed by atoms with Crippen LogP contribution in [0.5, 0.6) is 0 Å². The molecule has 0 unspecified atom stereocenters. The summed E-state index contributed by atoms with van der Waals surface area (Å²) in [6.07, 6.45) is 2.68. The largest absolute Gasteiger partial charge is 0.348 e. The number of aryl methyl sites for hydroxylation is 1. The maximum atomic E-state index is 13.1. The Bertz CT molecular complexity index is 1220. The van der Waals surface area contributed by atoms with Gasteiger partial charge in [-0.15, -0.1) is 0 Å². The fourth-order valence-corrected chi connectivity index (χ4v) is 6.84. The third-order valence-electron chi connectivity index (χ3n) is 5.44. The summed E-state index contributed by atoms with van der Waals surface area (Å²) in [7, 11) is -7.31. The van der Waals surface area contributed by atoms with Gasteiger partial charge in [0.2, 0.25) is 20.0 Å². The zero-order valence-electron chi connectivity index (χ0n) is 19.2. The normalized spacial score (nSPS) is 15.5. The minimum Gasteiger partial charge on any atom is -0.348 e. The Labute approximate surface area is 196 Å². The zero-order chi connectivity index (χ0) is 24.2. The maximum Gasteiger partial charge on any atom is 0.251 e. The molecule has 0 spiro atoms. The second-order valence-electron chi connectivity index (χ2n) is 8.55. The Morgan fingerprint density at radius 3 is 2.36 bits per heavy atom. The molecule has 1 saturated heterocycles. The molecule has 1 aliphatic rings. The summed E-state index contributed by atoms with van der Waals surface area (Å²) in [6.45, 7) is 6.28. The Kier molecular flexibility index (Phi) is 7.94. The number of sulfonamides is 2. The van der Waals surface area contributed by atoms with Gasteiger partial charge in [-0.2, -0.15) is 4.31 Å². The third-order valence-corrected chi connectivity index (χ3v) is 9.13. The molecule has 0 bridgehead atoms. The van der Waals surface area contributed by atoms with Crippen molar-refractivity contribution >= 4 is 26.0 Å². The summed E-state index contributed by atoms with van der Waals surface area (Å²) < 4.78 is 55.0. The van der Waals surface area contributed by atoms with Crippen LogP contribution in [0.3, 0.4) is 0 Å². The molecular weight excluding hydrogens is 462 g/mol. The van der Waals surface area contributed by atoms with Crippen LogP contribution in [0.1, 0.15) is 54.6 Å². The van der Waals surface area contributed by atoms with Crippen LogP contribution in [0.25, 0.3) is 0 Å². The number of amides is 1. The van der Waals surface area contributed by atoms with Crippen molar-refractivity contribution in [1.82, 2.24) is 14.3 Å². The van der Waals surface area contributed by atoms with Crippen LogP contribution < -0.4 is 10.0 Å². The van der Waals surface area contributed by atoms with E-state index in [9.17, 15) is 21.6 Å². The first-order valence-electron chi connectivity index (χ1n) is 11.0. The van der Waals surface area contributed by atoms with Gasteiger partial charge in [-0.1, -0.05) is 24.6 Å². The first kappa shape index (κ1) is 25.4. The summed E-state index contributed by atoms with van der Waals surface area (Å²) in [4.78, 5) is 13.0. The van der Waals surface area contributed by atoms with E-state index in [2.05, 4.69) is 10.0 Å². The molecule has 0 aliphatic carbocycles. The highest BCUT2D eigenvalue weighted by molar-refractivity contribution is 7.89. The Morgan fingerprint density at radius 2 is 1.70 bits per heavy atom. The van der Waals surface area contributed by atoms with Crippen molar-refractivity contribution in [1.29, 1.82) is 0 Å². The van der Waals surface area contributed by atoms with Crippen LogP contribution >= 0.6 is 0 Å². The van der Waals surface area contributed by atoms with Gasteiger partial charge in [0.1, 0.15) is 0 Å². The molecule has 180 valence electrons. The van der Waals surface area contributed by atoms with E-state index < -0.39 is 26.0 Å².